The molecule has 3 rings (SSSR count). The summed E-state index contributed by atoms with van der Waals surface area (Å²) >= 11 is 0. The minimum absolute atomic E-state index is 0.265. The highest BCUT2D eigenvalue weighted by Gasteiger charge is 2.21. The Morgan fingerprint density at radius 3 is 2.57 bits per heavy atom. The van der Waals surface area contributed by atoms with E-state index < -0.39 is 0 Å². The molecule has 0 radical (unpaired) electrons. The number of methoxy groups -OCH3 is 1. The van der Waals surface area contributed by atoms with Crippen molar-refractivity contribution in [2.75, 3.05) is 26.9 Å². The van der Waals surface area contributed by atoms with Gasteiger partial charge in [0.2, 0.25) is 0 Å². The van der Waals surface area contributed by atoms with Crippen LogP contribution in [0.25, 0.3) is 0 Å². The van der Waals surface area contributed by atoms with E-state index in [4.69, 9.17) is 20.3 Å². The zero-order valence-electron chi connectivity index (χ0n) is 16.9. The molecular formula is C24H33NO3. The quantitative estimate of drug-likeness (QED) is 0.607. The van der Waals surface area contributed by atoms with E-state index in [9.17, 15) is 0 Å². The maximum Gasteiger partial charge on any atom is 0.119 e. The molecule has 2 atom stereocenters. The van der Waals surface area contributed by atoms with Gasteiger partial charge in [-0.1, -0.05) is 24.6 Å². The number of unbranched alkanes of at least 4 members (excludes halogenated alkanes) is 1. The van der Waals surface area contributed by atoms with Crippen molar-refractivity contribution < 1.29 is 14.6 Å². The van der Waals surface area contributed by atoms with Crippen LogP contribution in [0, 0.1) is 5.92 Å². The molecule has 152 valence electrons. The summed E-state index contributed by atoms with van der Waals surface area (Å²) in [5.41, 5.74) is 10.3. The summed E-state index contributed by atoms with van der Waals surface area (Å²) in [6.07, 6.45) is 6.27. The smallest absolute Gasteiger partial charge is 0.119 e. The van der Waals surface area contributed by atoms with Crippen molar-refractivity contribution in [2.24, 2.45) is 11.7 Å². The van der Waals surface area contributed by atoms with Crippen LogP contribution in [0.15, 0.2) is 42.5 Å². The minimum Gasteiger partial charge on any atom is -0.497 e. The maximum absolute atomic E-state index is 9.00. The molecule has 1 aliphatic rings. The number of aliphatic hydroxyl groups excluding tert-OH is 1. The van der Waals surface area contributed by atoms with Gasteiger partial charge in [-0.3, -0.25) is 0 Å². The number of rotatable bonds is 10. The topological polar surface area (TPSA) is 64.7 Å². The van der Waals surface area contributed by atoms with Crippen LogP contribution >= 0.6 is 0 Å². The van der Waals surface area contributed by atoms with Gasteiger partial charge in [-0.25, -0.2) is 0 Å². The Balaban J connectivity index is 1.55. The first-order valence-corrected chi connectivity index (χ1v) is 10.4. The van der Waals surface area contributed by atoms with Crippen LogP contribution in [-0.4, -0.2) is 32.0 Å². The zero-order valence-corrected chi connectivity index (χ0v) is 16.9. The van der Waals surface area contributed by atoms with Crippen molar-refractivity contribution in [1.29, 1.82) is 0 Å². The van der Waals surface area contributed by atoms with E-state index in [1.54, 1.807) is 7.11 Å². The highest BCUT2D eigenvalue weighted by atomic mass is 16.5. The van der Waals surface area contributed by atoms with Gasteiger partial charge < -0.3 is 20.3 Å². The summed E-state index contributed by atoms with van der Waals surface area (Å²) in [4.78, 5) is 0. The van der Waals surface area contributed by atoms with Crippen LogP contribution in [0.3, 0.4) is 0 Å². The minimum atomic E-state index is 0.265. The lowest BCUT2D eigenvalue weighted by Gasteiger charge is -2.26. The van der Waals surface area contributed by atoms with Crippen molar-refractivity contribution in [3.8, 4) is 11.5 Å². The lowest BCUT2D eigenvalue weighted by atomic mass is 9.81. The van der Waals surface area contributed by atoms with Gasteiger partial charge in [0.15, 0.2) is 0 Å². The molecule has 0 saturated heterocycles. The zero-order chi connectivity index (χ0) is 19.8. The van der Waals surface area contributed by atoms with Gasteiger partial charge in [-0.05, 0) is 91.4 Å². The van der Waals surface area contributed by atoms with Gasteiger partial charge in [-0.15, -0.1) is 0 Å². The molecule has 0 unspecified atom stereocenters. The van der Waals surface area contributed by atoms with Crippen LogP contribution in [-0.2, 0) is 12.8 Å². The van der Waals surface area contributed by atoms with E-state index in [1.165, 1.54) is 16.7 Å². The molecule has 4 heteroatoms. The average molecular weight is 384 g/mol. The summed E-state index contributed by atoms with van der Waals surface area (Å²) in [6, 6.07) is 14.7. The van der Waals surface area contributed by atoms with Crippen LogP contribution in [0.5, 0.6) is 11.5 Å². The number of nitrogens with two attached hydrogens (primary N) is 1. The Morgan fingerprint density at radius 1 is 1.07 bits per heavy atom. The van der Waals surface area contributed by atoms with Crippen molar-refractivity contribution in [3.63, 3.8) is 0 Å². The molecule has 0 fully saturated rings. The predicted molar refractivity (Wildman–Crippen MR) is 113 cm³/mol. The Bertz CT molecular complexity index is 729. The van der Waals surface area contributed by atoms with Crippen LogP contribution < -0.4 is 15.2 Å². The first-order chi connectivity index (χ1) is 13.7. The van der Waals surface area contributed by atoms with Gasteiger partial charge in [0, 0.05) is 6.61 Å². The van der Waals surface area contributed by atoms with Gasteiger partial charge in [-0.2, -0.15) is 0 Å². The standard InChI is InChI=1S/C24H33NO3/c1-27-23-9-11-24(12-10-23)28-17-18-5-6-20-15-21(8-7-19(20)14-18)22(16-25)4-2-3-13-26/h7-12,15,18,22,26H,2-6,13-14,16-17,25H2,1H3/t18-,22+/m1/s1. The highest BCUT2D eigenvalue weighted by Crippen LogP contribution is 2.30. The third-order valence-corrected chi connectivity index (χ3v) is 5.82. The maximum atomic E-state index is 9.00. The summed E-state index contributed by atoms with van der Waals surface area (Å²) in [6.45, 7) is 1.68. The lowest BCUT2D eigenvalue weighted by molar-refractivity contribution is 0.234. The average Bonchev–Trinajstić information content (AvgIpc) is 2.75. The number of aryl methyl sites for hydroxylation is 1. The van der Waals surface area contributed by atoms with E-state index in [0.29, 0.717) is 18.4 Å². The molecule has 3 N–H and O–H groups in total. The normalized spacial score (nSPS) is 17.0. The van der Waals surface area contributed by atoms with E-state index in [-0.39, 0.29) is 6.61 Å². The molecule has 0 bridgehead atoms. The van der Waals surface area contributed by atoms with Crippen LogP contribution in [0.2, 0.25) is 0 Å². The number of aliphatic hydroxyl groups is 1. The molecular weight excluding hydrogens is 350 g/mol. The molecule has 0 aromatic heterocycles. The molecule has 0 saturated carbocycles. The monoisotopic (exact) mass is 383 g/mol. The fourth-order valence-electron chi connectivity index (χ4n) is 4.06. The number of hydrogen-bond donors (Lipinski definition) is 2. The number of hydrogen-bond acceptors (Lipinski definition) is 4. The first kappa shape index (κ1) is 20.7. The van der Waals surface area contributed by atoms with Crippen molar-refractivity contribution >= 4 is 0 Å². The molecule has 1 aliphatic carbocycles. The summed E-state index contributed by atoms with van der Waals surface area (Å²) < 4.78 is 11.2. The van der Waals surface area contributed by atoms with E-state index in [0.717, 1.165) is 56.6 Å². The predicted octanol–water partition coefficient (Wildman–Crippen LogP) is 4.08. The van der Waals surface area contributed by atoms with E-state index >= 15 is 0 Å². The number of benzene rings is 2. The van der Waals surface area contributed by atoms with E-state index in [2.05, 4.69) is 18.2 Å². The lowest BCUT2D eigenvalue weighted by Crippen LogP contribution is -2.21. The van der Waals surface area contributed by atoms with Gasteiger partial charge in [0.05, 0.1) is 13.7 Å². The Hall–Kier alpha value is -2.04. The molecule has 2 aromatic carbocycles. The third kappa shape index (κ3) is 5.49. The largest absolute Gasteiger partial charge is 0.497 e. The van der Waals surface area contributed by atoms with Crippen molar-refractivity contribution in [1.82, 2.24) is 0 Å². The van der Waals surface area contributed by atoms with Gasteiger partial charge in [0.1, 0.15) is 11.5 Å². The molecule has 2 aromatic rings. The summed E-state index contributed by atoms with van der Waals surface area (Å²) in [5.74, 6) is 2.70. The Labute approximate surface area is 168 Å². The van der Waals surface area contributed by atoms with Crippen molar-refractivity contribution in [2.45, 2.75) is 44.4 Å². The molecule has 0 aliphatic heterocycles. The van der Waals surface area contributed by atoms with Crippen LogP contribution in [0.1, 0.15) is 48.3 Å². The second-order valence-electron chi connectivity index (χ2n) is 7.78. The Kier molecular flexibility index (Phi) is 7.75. The van der Waals surface area contributed by atoms with Crippen molar-refractivity contribution in [3.05, 3.63) is 59.2 Å². The van der Waals surface area contributed by atoms with Gasteiger partial charge >= 0.3 is 0 Å². The second-order valence-corrected chi connectivity index (χ2v) is 7.78. The fraction of sp³-hybridized carbons (Fsp3) is 0.500. The Morgan fingerprint density at radius 2 is 1.86 bits per heavy atom. The van der Waals surface area contributed by atoms with Gasteiger partial charge in [0.25, 0.3) is 0 Å². The SMILES string of the molecule is COc1ccc(OC[C@@H]2CCc3cc([C@H](CN)CCCCO)ccc3C2)cc1. The summed E-state index contributed by atoms with van der Waals surface area (Å²) in [5, 5.41) is 9.00. The van der Waals surface area contributed by atoms with E-state index in [1.807, 2.05) is 24.3 Å². The second kappa shape index (κ2) is 10.5. The fourth-order valence-corrected chi connectivity index (χ4v) is 4.06. The highest BCUT2D eigenvalue weighted by molar-refractivity contribution is 5.36. The van der Waals surface area contributed by atoms with Crippen LogP contribution in [0.4, 0.5) is 0 Å². The number of ether oxygens (including phenoxy) is 2. The molecule has 0 heterocycles. The molecule has 0 spiro atoms. The molecule has 4 nitrogen and oxygen atoms in total. The number of fused-ring (bicyclic) bond motifs is 1. The molecule has 0 amide bonds. The summed E-state index contributed by atoms with van der Waals surface area (Å²) in [7, 11) is 1.67. The first-order valence-electron chi connectivity index (χ1n) is 10.4. The third-order valence-electron chi connectivity index (χ3n) is 5.82. The molecule has 28 heavy (non-hydrogen) atoms.